The molecule has 76 valence electrons. The molecule has 0 aliphatic carbocycles. The molecule has 0 aliphatic rings. The lowest BCUT2D eigenvalue weighted by atomic mass is 10.4. The highest BCUT2D eigenvalue weighted by Gasteiger charge is 2.00. The zero-order valence-corrected chi connectivity index (χ0v) is 8.91. The molecule has 1 amide bonds. The lowest BCUT2D eigenvalue weighted by molar-refractivity contribution is -0.125. The monoisotopic (exact) mass is 185 g/mol. The number of rotatable bonds is 4. The summed E-state index contributed by atoms with van der Waals surface area (Å²) < 4.78 is 0. The van der Waals surface area contributed by atoms with E-state index in [4.69, 9.17) is 0 Å². The summed E-state index contributed by atoms with van der Waals surface area (Å²) in [6, 6.07) is 0. The van der Waals surface area contributed by atoms with Crippen LogP contribution in [-0.4, -0.2) is 30.7 Å². The van der Waals surface area contributed by atoms with Gasteiger partial charge in [0.05, 0.1) is 0 Å². The van der Waals surface area contributed by atoms with E-state index >= 15 is 0 Å². The number of allylic oxidation sites excluding steroid dienone is 1. The van der Waals surface area contributed by atoms with Crippen LogP contribution in [0.1, 0.15) is 27.2 Å². The molecule has 3 nitrogen and oxygen atoms in total. The number of hydrogen-bond donors (Lipinski definition) is 0. The Kier molecular flexibility index (Phi) is 12.1. The van der Waals surface area contributed by atoms with E-state index in [0.29, 0.717) is 6.29 Å². The van der Waals surface area contributed by atoms with Gasteiger partial charge in [0, 0.05) is 19.7 Å². The largest absolute Gasteiger partial charge is 0.342 e. The molecule has 0 bridgehead atoms. The van der Waals surface area contributed by atoms with Gasteiger partial charge in [-0.15, -0.1) is 0 Å². The van der Waals surface area contributed by atoms with Crippen molar-refractivity contribution in [1.29, 1.82) is 0 Å². The van der Waals surface area contributed by atoms with Gasteiger partial charge in [0.1, 0.15) is 6.29 Å². The molecule has 0 fully saturated rings. The SMILES string of the molecule is CC.CCCN(C)C(=O)/C=C\C=O. The molecule has 0 radical (unpaired) electrons. The molecule has 0 saturated carbocycles. The van der Waals surface area contributed by atoms with Crippen LogP contribution in [-0.2, 0) is 9.59 Å². The first-order chi connectivity index (χ1) is 6.22. The fourth-order valence-electron chi connectivity index (χ4n) is 0.694. The van der Waals surface area contributed by atoms with Crippen molar-refractivity contribution in [3.63, 3.8) is 0 Å². The van der Waals surface area contributed by atoms with Gasteiger partial charge < -0.3 is 4.90 Å². The van der Waals surface area contributed by atoms with E-state index < -0.39 is 0 Å². The van der Waals surface area contributed by atoms with Crippen molar-refractivity contribution in [2.45, 2.75) is 27.2 Å². The third kappa shape index (κ3) is 8.79. The van der Waals surface area contributed by atoms with Crippen LogP contribution in [0.2, 0.25) is 0 Å². The van der Waals surface area contributed by atoms with Crippen LogP contribution in [0.5, 0.6) is 0 Å². The van der Waals surface area contributed by atoms with Crippen molar-refractivity contribution in [2.24, 2.45) is 0 Å². The fourth-order valence-corrected chi connectivity index (χ4v) is 0.694. The second kappa shape index (κ2) is 10.9. The number of carbonyl (C=O) groups is 2. The number of likely N-dealkylation sites (N-methyl/N-ethyl adjacent to an activating group) is 1. The van der Waals surface area contributed by atoms with Crippen molar-refractivity contribution < 1.29 is 9.59 Å². The van der Waals surface area contributed by atoms with E-state index in [-0.39, 0.29) is 5.91 Å². The average Bonchev–Trinajstić information content (AvgIpc) is 2.17. The Balaban J connectivity index is 0. The van der Waals surface area contributed by atoms with Gasteiger partial charge in [0.2, 0.25) is 5.91 Å². The molecule has 0 aromatic rings. The fraction of sp³-hybridized carbons (Fsp3) is 0.600. The van der Waals surface area contributed by atoms with E-state index in [1.165, 1.54) is 12.2 Å². The van der Waals surface area contributed by atoms with Crippen LogP contribution in [0, 0.1) is 0 Å². The van der Waals surface area contributed by atoms with Gasteiger partial charge in [-0.05, 0) is 12.5 Å². The number of aldehydes is 1. The van der Waals surface area contributed by atoms with Crippen LogP contribution in [0.25, 0.3) is 0 Å². The summed E-state index contributed by atoms with van der Waals surface area (Å²) in [7, 11) is 1.71. The highest BCUT2D eigenvalue weighted by Crippen LogP contribution is 1.88. The molecular weight excluding hydrogens is 166 g/mol. The predicted molar refractivity (Wildman–Crippen MR) is 54.5 cm³/mol. The normalized spacial score (nSPS) is 8.92. The smallest absolute Gasteiger partial charge is 0.246 e. The number of hydrogen-bond acceptors (Lipinski definition) is 2. The number of amides is 1. The maximum absolute atomic E-state index is 11.0. The molecule has 0 aromatic heterocycles. The lowest BCUT2D eigenvalue weighted by Gasteiger charge is -2.12. The average molecular weight is 185 g/mol. The molecule has 0 rings (SSSR count). The molecule has 0 aliphatic heterocycles. The van der Waals surface area contributed by atoms with Crippen molar-refractivity contribution in [1.82, 2.24) is 4.90 Å². The minimum Gasteiger partial charge on any atom is -0.342 e. The second-order valence-corrected chi connectivity index (χ2v) is 2.25. The van der Waals surface area contributed by atoms with Gasteiger partial charge in [0.15, 0.2) is 0 Å². The Morgan fingerprint density at radius 1 is 1.38 bits per heavy atom. The number of nitrogens with zero attached hydrogens (tertiary/aromatic N) is 1. The number of carbonyl (C=O) groups excluding carboxylic acids is 2. The van der Waals surface area contributed by atoms with Crippen molar-refractivity contribution in [3.05, 3.63) is 12.2 Å². The minimum atomic E-state index is -0.126. The summed E-state index contributed by atoms with van der Waals surface area (Å²) in [4.78, 5) is 22.4. The highest BCUT2D eigenvalue weighted by atomic mass is 16.2. The molecule has 0 heterocycles. The van der Waals surface area contributed by atoms with Gasteiger partial charge in [-0.2, -0.15) is 0 Å². The molecule has 0 spiro atoms. The second-order valence-electron chi connectivity index (χ2n) is 2.25. The van der Waals surface area contributed by atoms with E-state index in [1.807, 2.05) is 20.8 Å². The molecule has 13 heavy (non-hydrogen) atoms. The summed E-state index contributed by atoms with van der Waals surface area (Å²) in [5, 5.41) is 0. The third-order valence-electron chi connectivity index (χ3n) is 1.25. The van der Waals surface area contributed by atoms with Crippen LogP contribution >= 0.6 is 0 Å². The summed E-state index contributed by atoms with van der Waals surface area (Å²) in [6.07, 6.45) is 3.99. The van der Waals surface area contributed by atoms with Crippen LogP contribution < -0.4 is 0 Å². The first-order valence-corrected chi connectivity index (χ1v) is 4.59. The maximum atomic E-state index is 11.0. The van der Waals surface area contributed by atoms with Crippen molar-refractivity contribution >= 4 is 12.2 Å². The van der Waals surface area contributed by atoms with Crippen LogP contribution in [0.3, 0.4) is 0 Å². The van der Waals surface area contributed by atoms with Crippen molar-refractivity contribution in [2.75, 3.05) is 13.6 Å². The summed E-state index contributed by atoms with van der Waals surface area (Å²) in [6.45, 7) is 6.72. The quantitative estimate of drug-likeness (QED) is 0.493. The Labute approximate surface area is 80.4 Å². The highest BCUT2D eigenvalue weighted by molar-refractivity contribution is 5.90. The van der Waals surface area contributed by atoms with Gasteiger partial charge >= 0.3 is 0 Å². The van der Waals surface area contributed by atoms with Gasteiger partial charge in [0.25, 0.3) is 0 Å². The van der Waals surface area contributed by atoms with Crippen molar-refractivity contribution in [3.8, 4) is 0 Å². The molecule has 0 aromatic carbocycles. The molecule has 0 unspecified atom stereocenters. The van der Waals surface area contributed by atoms with E-state index in [0.717, 1.165) is 13.0 Å². The molecule has 0 N–H and O–H groups in total. The Hall–Kier alpha value is -1.12. The Morgan fingerprint density at radius 3 is 2.31 bits per heavy atom. The van der Waals surface area contributed by atoms with E-state index in [9.17, 15) is 9.59 Å². The predicted octanol–water partition coefficient (Wildman–Crippen LogP) is 1.64. The minimum absolute atomic E-state index is 0.126. The topological polar surface area (TPSA) is 37.4 Å². The van der Waals surface area contributed by atoms with Crippen LogP contribution in [0.15, 0.2) is 12.2 Å². The zero-order valence-electron chi connectivity index (χ0n) is 8.91. The molecule has 0 saturated heterocycles. The molecule has 3 heteroatoms. The Morgan fingerprint density at radius 2 is 1.92 bits per heavy atom. The summed E-state index contributed by atoms with van der Waals surface area (Å²) in [5.74, 6) is -0.126. The van der Waals surface area contributed by atoms with Gasteiger partial charge in [-0.1, -0.05) is 20.8 Å². The molecular formula is C10H19NO2. The maximum Gasteiger partial charge on any atom is 0.246 e. The van der Waals surface area contributed by atoms with Gasteiger partial charge in [-0.25, -0.2) is 0 Å². The summed E-state index contributed by atoms with van der Waals surface area (Å²) in [5.41, 5.74) is 0. The first kappa shape index (κ1) is 14.4. The first-order valence-electron chi connectivity index (χ1n) is 4.59. The van der Waals surface area contributed by atoms with E-state index in [2.05, 4.69) is 0 Å². The third-order valence-corrected chi connectivity index (χ3v) is 1.25. The lowest BCUT2D eigenvalue weighted by Crippen LogP contribution is -2.25. The van der Waals surface area contributed by atoms with E-state index in [1.54, 1.807) is 11.9 Å². The van der Waals surface area contributed by atoms with Crippen LogP contribution in [0.4, 0.5) is 0 Å². The Bertz CT molecular complexity index is 164. The molecule has 0 atom stereocenters. The van der Waals surface area contributed by atoms with Gasteiger partial charge in [-0.3, -0.25) is 9.59 Å². The summed E-state index contributed by atoms with van der Waals surface area (Å²) >= 11 is 0. The standard InChI is InChI=1S/C8H13NO2.C2H6/c1-3-6-9(2)8(11)5-4-7-10;1-2/h4-5,7H,3,6H2,1-2H3;1-2H3/b5-4-;. The zero-order chi connectivity index (χ0) is 10.7.